The highest BCUT2D eigenvalue weighted by molar-refractivity contribution is 5.98. The highest BCUT2D eigenvalue weighted by Gasteiger charge is 2.42. The van der Waals surface area contributed by atoms with Crippen LogP contribution in [0.1, 0.15) is 99.5 Å². The summed E-state index contributed by atoms with van der Waals surface area (Å²) in [5.41, 5.74) is 0.662. The van der Waals surface area contributed by atoms with Gasteiger partial charge in [-0.2, -0.15) is 0 Å². The van der Waals surface area contributed by atoms with Gasteiger partial charge in [-0.15, -0.1) is 0 Å². The molecule has 2 saturated heterocycles. The van der Waals surface area contributed by atoms with Gasteiger partial charge in [0.05, 0.1) is 0 Å². The molecule has 296 valence electrons. The summed E-state index contributed by atoms with van der Waals surface area (Å²) in [7, 11) is 3.12. The van der Waals surface area contributed by atoms with Crippen LogP contribution in [-0.4, -0.2) is 112 Å². The van der Waals surface area contributed by atoms with Gasteiger partial charge in [-0.3, -0.25) is 28.8 Å². The molecule has 0 bridgehead atoms. The van der Waals surface area contributed by atoms with Crippen molar-refractivity contribution >= 4 is 35.4 Å². The molecule has 0 spiro atoms. The number of likely N-dealkylation sites (N-methyl/N-ethyl adjacent to an activating group) is 2. The van der Waals surface area contributed by atoms with Gasteiger partial charge >= 0.3 is 0 Å². The second-order valence-electron chi connectivity index (χ2n) is 16.7. The zero-order valence-corrected chi connectivity index (χ0v) is 33.5. The lowest BCUT2D eigenvalue weighted by Gasteiger charge is -2.38. The maximum atomic E-state index is 14.5. The molecule has 3 rings (SSSR count). The van der Waals surface area contributed by atoms with Crippen LogP contribution >= 0.6 is 0 Å². The van der Waals surface area contributed by atoms with Crippen LogP contribution in [0.25, 0.3) is 0 Å². The second kappa shape index (κ2) is 19.3. The molecule has 2 aliphatic rings. The quantitative estimate of drug-likeness (QED) is 0.286. The predicted molar refractivity (Wildman–Crippen MR) is 203 cm³/mol. The van der Waals surface area contributed by atoms with Gasteiger partial charge in [-0.1, -0.05) is 67.5 Å². The summed E-state index contributed by atoms with van der Waals surface area (Å²) < 4.78 is 0. The molecule has 53 heavy (non-hydrogen) atoms. The average molecular weight is 741 g/mol. The largest absolute Gasteiger partial charge is 0.508 e. The van der Waals surface area contributed by atoms with Gasteiger partial charge in [0, 0.05) is 27.1 Å². The number of rotatable bonds is 10. The fourth-order valence-corrected chi connectivity index (χ4v) is 7.32. The van der Waals surface area contributed by atoms with Crippen molar-refractivity contribution in [2.45, 2.75) is 137 Å². The summed E-state index contributed by atoms with van der Waals surface area (Å²) in [4.78, 5) is 89.9. The predicted octanol–water partition coefficient (Wildman–Crippen LogP) is 3.23. The average Bonchev–Trinajstić information content (AvgIpc) is 3.57. The molecule has 1 aromatic carbocycles. The number of hydrogen-bond donors (Lipinski definition) is 4. The molecule has 6 amide bonds. The van der Waals surface area contributed by atoms with Crippen LogP contribution in [0.15, 0.2) is 24.3 Å². The fourth-order valence-electron chi connectivity index (χ4n) is 7.32. The number of fused-ring (bicyclic) bond motifs is 1. The van der Waals surface area contributed by atoms with E-state index in [1.165, 1.54) is 26.8 Å². The summed E-state index contributed by atoms with van der Waals surface area (Å²) in [5.74, 6) is -2.72. The van der Waals surface area contributed by atoms with Gasteiger partial charge in [-0.25, -0.2) is 0 Å². The van der Waals surface area contributed by atoms with E-state index < -0.39 is 65.8 Å². The van der Waals surface area contributed by atoms with Crippen LogP contribution < -0.4 is 16.0 Å². The molecule has 4 N–H and O–H groups in total. The first kappa shape index (κ1) is 43.2. The van der Waals surface area contributed by atoms with E-state index in [0.29, 0.717) is 44.2 Å². The third-order valence-corrected chi connectivity index (χ3v) is 10.1. The Morgan fingerprint density at radius 3 is 1.62 bits per heavy atom. The Morgan fingerprint density at radius 2 is 1.08 bits per heavy atom. The number of benzene rings is 1. The molecule has 0 saturated carbocycles. The Labute approximate surface area is 316 Å². The lowest BCUT2D eigenvalue weighted by atomic mass is 9.95. The molecule has 2 heterocycles. The molecule has 2 fully saturated rings. The number of carbonyl (C=O) groups excluding carboxylic acids is 6. The molecule has 0 radical (unpaired) electrons. The van der Waals surface area contributed by atoms with E-state index in [9.17, 15) is 33.9 Å². The van der Waals surface area contributed by atoms with Crippen molar-refractivity contribution in [3.8, 4) is 5.75 Å². The Kier molecular flexibility index (Phi) is 15.7. The van der Waals surface area contributed by atoms with Crippen molar-refractivity contribution in [1.82, 2.24) is 30.7 Å². The summed E-state index contributed by atoms with van der Waals surface area (Å²) in [5, 5.41) is 18.6. The van der Waals surface area contributed by atoms with E-state index in [4.69, 9.17) is 0 Å². The summed E-state index contributed by atoms with van der Waals surface area (Å²) >= 11 is 0. The number of carbonyl (C=O) groups is 6. The lowest BCUT2D eigenvalue weighted by molar-refractivity contribution is -0.150. The normalized spacial score (nSPS) is 25.9. The van der Waals surface area contributed by atoms with Gasteiger partial charge in [0.25, 0.3) is 0 Å². The molecular weight excluding hydrogens is 676 g/mol. The Morgan fingerprint density at radius 1 is 0.604 bits per heavy atom. The van der Waals surface area contributed by atoms with Gasteiger partial charge in [-0.05, 0) is 79.9 Å². The van der Waals surface area contributed by atoms with E-state index in [-0.39, 0.29) is 48.2 Å². The maximum Gasteiger partial charge on any atom is 0.245 e. The molecule has 6 atom stereocenters. The van der Waals surface area contributed by atoms with Crippen molar-refractivity contribution in [3.63, 3.8) is 0 Å². The fraction of sp³-hybridized carbons (Fsp3) is 0.700. The first-order valence-electron chi connectivity index (χ1n) is 19.3. The molecular formula is C40H64N6O7. The first-order chi connectivity index (χ1) is 24.8. The highest BCUT2D eigenvalue weighted by Crippen LogP contribution is 2.24. The zero-order chi connectivity index (χ0) is 39.7. The molecule has 13 heteroatoms. The standard InChI is InChI=1S/C40H64N6O7/c1-23(2)18-30-38(51)45(10)34(21-26(7)8)40(53)44(9)33(20-25(5)6)37(50)43-31(19-24(3)4)39(52)46-17-11-12-32(46)36(49)41-29(35(48)42-30)22-27-13-15-28(47)16-14-27/h13-16,23-26,29-34,47H,11-12,17-22H2,1-10H3,(H,41,49)(H,42,48)(H,43,50)/t29-,30-,31-,32+,33-,34+/m0/s1. The van der Waals surface area contributed by atoms with Crippen molar-refractivity contribution in [3.05, 3.63) is 29.8 Å². The number of hydrogen-bond acceptors (Lipinski definition) is 7. The monoisotopic (exact) mass is 740 g/mol. The Hall–Kier alpha value is -4.16. The topological polar surface area (TPSA) is 168 Å². The minimum absolute atomic E-state index is 0.00678. The Bertz CT molecular complexity index is 1450. The summed E-state index contributed by atoms with van der Waals surface area (Å²) in [6.45, 7) is 15.9. The first-order valence-corrected chi connectivity index (χ1v) is 19.3. The molecule has 1 aromatic rings. The van der Waals surface area contributed by atoms with E-state index >= 15 is 0 Å². The third-order valence-electron chi connectivity index (χ3n) is 10.1. The van der Waals surface area contributed by atoms with E-state index in [1.807, 2.05) is 55.4 Å². The van der Waals surface area contributed by atoms with Crippen molar-refractivity contribution in [1.29, 1.82) is 0 Å². The maximum absolute atomic E-state index is 14.5. The molecule has 0 aliphatic carbocycles. The number of phenolic OH excluding ortho intramolecular Hbond substituents is 1. The number of amides is 6. The summed E-state index contributed by atoms with van der Waals surface area (Å²) in [6, 6.07) is 0.453. The third kappa shape index (κ3) is 11.9. The molecule has 0 aromatic heterocycles. The van der Waals surface area contributed by atoms with Gasteiger partial charge in [0.15, 0.2) is 0 Å². The van der Waals surface area contributed by atoms with Crippen molar-refractivity contribution in [2.75, 3.05) is 20.6 Å². The van der Waals surface area contributed by atoms with Crippen LogP contribution in [0, 0.1) is 23.7 Å². The zero-order valence-electron chi connectivity index (χ0n) is 33.5. The highest BCUT2D eigenvalue weighted by atomic mass is 16.3. The van der Waals surface area contributed by atoms with E-state index in [1.54, 1.807) is 26.2 Å². The number of aromatic hydroxyl groups is 1. The minimum Gasteiger partial charge on any atom is -0.508 e. The van der Waals surface area contributed by atoms with Crippen LogP contribution in [0.3, 0.4) is 0 Å². The molecule has 2 aliphatic heterocycles. The van der Waals surface area contributed by atoms with Crippen LogP contribution in [0.5, 0.6) is 5.75 Å². The number of nitrogens with zero attached hydrogens (tertiary/aromatic N) is 3. The van der Waals surface area contributed by atoms with Crippen LogP contribution in [0.2, 0.25) is 0 Å². The molecule has 13 nitrogen and oxygen atoms in total. The second-order valence-corrected chi connectivity index (χ2v) is 16.7. The SMILES string of the molecule is CC(C)C[C@@H]1NC(=O)[C@H](Cc2ccc(O)cc2)NC(=O)[C@H]2CCCN2C(=O)[C@H](CC(C)C)NC(=O)[C@H](CC(C)C)N(C)C(=O)[C@@H](CC(C)C)N(C)C1=O. The van der Waals surface area contributed by atoms with E-state index in [2.05, 4.69) is 16.0 Å². The Balaban J connectivity index is 2.19. The lowest BCUT2D eigenvalue weighted by Crippen LogP contribution is -2.62. The molecule has 0 unspecified atom stereocenters. The van der Waals surface area contributed by atoms with Gasteiger partial charge < -0.3 is 35.8 Å². The van der Waals surface area contributed by atoms with Gasteiger partial charge in [0.1, 0.15) is 42.0 Å². The minimum atomic E-state index is -1.13. The van der Waals surface area contributed by atoms with Crippen LogP contribution in [-0.2, 0) is 35.2 Å². The van der Waals surface area contributed by atoms with Crippen molar-refractivity contribution in [2.24, 2.45) is 23.7 Å². The van der Waals surface area contributed by atoms with Gasteiger partial charge in [0.2, 0.25) is 35.4 Å². The van der Waals surface area contributed by atoms with E-state index in [0.717, 1.165) is 0 Å². The van der Waals surface area contributed by atoms with Crippen LogP contribution in [0.4, 0.5) is 0 Å². The number of nitrogens with one attached hydrogen (secondary N) is 3. The smallest absolute Gasteiger partial charge is 0.245 e. The summed E-state index contributed by atoms with van der Waals surface area (Å²) in [6.07, 6.45) is 2.21. The number of phenols is 1. The van der Waals surface area contributed by atoms with Crippen molar-refractivity contribution < 1.29 is 33.9 Å².